The molecule has 0 fully saturated rings. The van der Waals surface area contributed by atoms with E-state index in [1.54, 1.807) is 0 Å². The van der Waals surface area contributed by atoms with E-state index in [4.69, 9.17) is 10.5 Å². The number of rotatable bonds is 0. The smallest absolute Gasteiger partial charge is 0.372 e. The molecule has 2 heterocycles. The van der Waals surface area contributed by atoms with Crippen LogP contribution in [-0.4, -0.2) is 6.61 Å². The Labute approximate surface area is 87.9 Å². The monoisotopic (exact) mass is 201 g/mol. The minimum Gasteiger partial charge on any atom is -0.444 e. The van der Waals surface area contributed by atoms with Crippen molar-refractivity contribution in [2.45, 2.75) is 12.8 Å². The van der Waals surface area contributed by atoms with Gasteiger partial charge in [-0.3, -0.25) is 0 Å². The summed E-state index contributed by atoms with van der Waals surface area (Å²) in [5.74, 6) is 0.845. The molecule has 0 radical (unpaired) electrons. The maximum Gasteiger partial charge on any atom is 0.372 e. The fourth-order valence-corrected chi connectivity index (χ4v) is 2.10. The largest absolute Gasteiger partial charge is 0.444 e. The molecule has 0 saturated heterocycles. The number of ether oxygens (including phenoxy) is 1. The third-order valence-corrected chi connectivity index (χ3v) is 2.88. The van der Waals surface area contributed by atoms with Gasteiger partial charge in [0, 0.05) is 6.07 Å². The first-order valence-electron chi connectivity index (χ1n) is 5.21. The zero-order valence-electron chi connectivity index (χ0n) is 8.42. The van der Waals surface area contributed by atoms with E-state index in [2.05, 4.69) is 4.98 Å². The number of fused-ring (bicyclic) bond motifs is 2. The SMILES string of the molecule is Nc1c2c([nH+]c3ccccc13)OCCC2. The van der Waals surface area contributed by atoms with Crippen LogP contribution >= 0.6 is 0 Å². The standard InChI is InChI=1S/C12H12N2O/c13-11-8-4-1-2-6-10(8)14-12-9(11)5-3-7-15-12/h1-2,4,6H,3,5,7H2,(H2,13,14)/p+1. The molecule has 1 aliphatic rings. The molecule has 1 aromatic carbocycles. The lowest BCUT2D eigenvalue weighted by Gasteiger charge is -2.14. The van der Waals surface area contributed by atoms with E-state index in [1.807, 2.05) is 24.3 Å². The molecule has 1 aromatic heterocycles. The van der Waals surface area contributed by atoms with E-state index in [9.17, 15) is 0 Å². The molecule has 2 aromatic rings. The maximum atomic E-state index is 6.14. The highest BCUT2D eigenvalue weighted by Gasteiger charge is 2.22. The molecule has 76 valence electrons. The van der Waals surface area contributed by atoms with Gasteiger partial charge >= 0.3 is 5.88 Å². The lowest BCUT2D eigenvalue weighted by molar-refractivity contribution is -0.365. The van der Waals surface area contributed by atoms with Crippen molar-refractivity contribution in [3.05, 3.63) is 29.8 Å². The van der Waals surface area contributed by atoms with Crippen LogP contribution in [0, 0.1) is 0 Å². The molecule has 0 aliphatic carbocycles. The molecule has 0 saturated carbocycles. The van der Waals surface area contributed by atoms with Gasteiger partial charge in [-0.05, 0) is 18.9 Å². The minimum absolute atomic E-state index is 0.779. The van der Waals surface area contributed by atoms with Crippen molar-refractivity contribution >= 4 is 16.6 Å². The highest BCUT2D eigenvalue weighted by Crippen LogP contribution is 2.30. The Bertz CT molecular complexity index is 522. The van der Waals surface area contributed by atoms with Crippen LogP contribution in [0.1, 0.15) is 12.0 Å². The van der Waals surface area contributed by atoms with Crippen molar-refractivity contribution < 1.29 is 9.72 Å². The second-order valence-electron chi connectivity index (χ2n) is 3.84. The number of anilines is 1. The highest BCUT2D eigenvalue weighted by atomic mass is 16.5. The van der Waals surface area contributed by atoms with Gasteiger partial charge in [0.15, 0.2) is 0 Å². The summed E-state index contributed by atoms with van der Waals surface area (Å²) in [5.41, 5.74) is 9.16. The Morgan fingerprint density at radius 3 is 3.07 bits per heavy atom. The molecule has 3 rings (SSSR count). The van der Waals surface area contributed by atoms with Gasteiger partial charge < -0.3 is 10.5 Å². The third-order valence-electron chi connectivity index (χ3n) is 2.88. The van der Waals surface area contributed by atoms with Crippen LogP contribution in [-0.2, 0) is 6.42 Å². The molecule has 0 atom stereocenters. The van der Waals surface area contributed by atoms with E-state index >= 15 is 0 Å². The fourth-order valence-electron chi connectivity index (χ4n) is 2.10. The Balaban J connectivity index is 2.36. The van der Waals surface area contributed by atoms with E-state index in [-0.39, 0.29) is 0 Å². The van der Waals surface area contributed by atoms with E-state index < -0.39 is 0 Å². The Hall–Kier alpha value is -1.77. The summed E-state index contributed by atoms with van der Waals surface area (Å²) in [7, 11) is 0. The van der Waals surface area contributed by atoms with Crippen LogP contribution in [0.4, 0.5) is 5.69 Å². The van der Waals surface area contributed by atoms with Gasteiger partial charge in [0.05, 0.1) is 23.2 Å². The average molecular weight is 201 g/mol. The lowest BCUT2D eigenvalue weighted by atomic mass is 10.0. The van der Waals surface area contributed by atoms with Crippen LogP contribution in [0.15, 0.2) is 24.3 Å². The van der Waals surface area contributed by atoms with E-state index in [0.29, 0.717) is 0 Å². The van der Waals surface area contributed by atoms with Crippen LogP contribution in [0.25, 0.3) is 10.9 Å². The normalized spacial score (nSPS) is 14.7. The number of pyridine rings is 1. The van der Waals surface area contributed by atoms with Gasteiger partial charge in [-0.25, -0.2) is 0 Å². The van der Waals surface area contributed by atoms with Crippen molar-refractivity contribution in [3.8, 4) is 5.88 Å². The number of para-hydroxylation sites is 1. The molecule has 3 N–H and O–H groups in total. The summed E-state index contributed by atoms with van der Waals surface area (Å²) in [4.78, 5) is 3.29. The number of nitrogen functional groups attached to an aromatic ring is 1. The molecule has 1 aliphatic heterocycles. The van der Waals surface area contributed by atoms with Crippen molar-refractivity contribution in [2.75, 3.05) is 12.3 Å². The van der Waals surface area contributed by atoms with Crippen molar-refractivity contribution in [3.63, 3.8) is 0 Å². The van der Waals surface area contributed by atoms with Crippen molar-refractivity contribution in [1.82, 2.24) is 0 Å². The number of benzene rings is 1. The van der Waals surface area contributed by atoms with E-state index in [0.717, 1.165) is 47.5 Å². The number of aromatic amines is 1. The molecule has 0 spiro atoms. The zero-order chi connectivity index (χ0) is 10.3. The summed E-state index contributed by atoms with van der Waals surface area (Å²) in [6.45, 7) is 0.779. The summed E-state index contributed by atoms with van der Waals surface area (Å²) in [6, 6.07) is 8.05. The summed E-state index contributed by atoms with van der Waals surface area (Å²) < 4.78 is 5.58. The van der Waals surface area contributed by atoms with Gasteiger partial charge in [0.25, 0.3) is 0 Å². The molecular formula is C12H13N2O+. The average Bonchev–Trinajstić information content (AvgIpc) is 2.30. The summed E-state index contributed by atoms with van der Waals surface area (Å²) in [5, 5.41) is 1.08. The Kier molecular flexibility index (Phi) is 1.78. The van der Waals surface area contributed by atoms with Gasteiger partial charge in [-0.15, -0.1) is 0 Å². The van der Waals surface area contributed by atoms with Crippen LogP contribution in [0.2, 0.25) is 0 Å². The summed E-state index contributed by atoms with van der Waals surface area (Å²) >= 11 is 0. The number of hydrogen-bond donors (Lipinski definition) is 1. The fraction of sp³-hybridized carbons (Fsp3) is 0.250. The van der Waals surface area contributed by atoms with Crippen LogP contribution < -0.4 is 15.5 Å². The molecule has 3 heteroatoms. The zero-order valence-corrected chi connectivity index (χ0v) is 8.42. The first-order valence-corrected chi connectivity index (χ1v) is 5.21. The topological polar surface area (TPSA) is 49.4 Å². The van der Waals surface area contributed by atoms with E-state index in [1.165, 1.54) is 0 Å². The number of hydrogen-bond acceptors (Lipinski definition) is 2. The molecule has 3 nitrogen and oxygen atoms in total. The molecule has 0 unspecified atom stereocenters. The first kappa shape index (κ1) is 8.53. The van der Waals surface area contributed by atoms with Crippen LogP contribution in [0.3, 0.4) is 0 Å². The lowest BCUT2D eigenvalue weighted by Crippen LogP contribution is -2.20. The number of aromatic nitrogens is 1. The van der Waals surface area contributed by atoms with Crippen LogP contribution in [0.5, 0.6) is 5.88 Å². The quantitative estimate of drug-likeness (QED) is 0.703. The predicted molar refractivity (Wildman–Crippen MR) is 58.7 cm³/mol. The summed E-state index contributed by atoms with van der Waals surface area (Å²) in [6.07, 6.45) is 2.05. The molecule has 15 heavy (non-hydrogen) atoms. The third kappa shape index (κ3) is 1.23. The van der Waals surface area contributed by atoms with Gasteiger partial charge in [-0.2, -0.15) is 4.98 Å². The van der Waals surface area contributed by atoms with Gasteiger partial charge in [0.2, 0.25) is 5.52 Å². The first-order chi connectivity index (χ1) is 7.36. The molecule has 0 bridgehead atoms. The number of nitrogens with one attached hydrogen (secondary N) is 1. The van der Waals surface area contributed by atoms with Crippen molar-refractivity contribution in [2.24, 2.45) is 0 Å². The number of H-pyrrole nitrogens is 1. The molecular weight excluding hydrogens is 188 g/mol. The van der Waals surface area contributed by atoms with Gasteiger partial charge in [-0.1, -0.05) is 12.1 Å². The molecule has 0 amide bonds. The van der Waals surface area contributed by atoms with Gasteiger partial charge in [0.1, 0.15) is 0 Å². The van der Waals surface area contributed by atoms with Crippen molar-refractivity contribution in [1.29, 1.82) is 0 Å². The Morgan fingerprint density at radius 1 is 1.27 bits per heavy atom. The maximum absolute atomic E-state index is 6.14. The Morgan fingerprint density at radius 2 is 2.13 bits per heavy atom. The predicted octanol–water partition coefficient (Wildman–Crippen LogP) is 1.56. The second kappa shape index (κ2) is 3.12. The highest BCUT2D eigenvalue weighted by molar-refractivity contribution is 5.90. The minimum atomic E-state index is 0.779. The number of nitrogens with two attached hydrogens (primary N) is 1. The second-order valence-corrected chi connectivity index (χ2v) is 3.84.